The van der Waals surface area contributed by atoms with E-state index in [1.54, 1.807) is 42.7 Å². The number of methoxy groups -OCH3 is 1. The zero-order valence-corrected chi connectivity index (χ0v) is 19.1. The molecule has 7 nitrogen and oxygen atoms in total. The number of carbonyl (C=O) groups excluding carboxylic acids is 2. The van der Waals surface area contributed by atoms with Crippen LogP contribution in [0.1, 0.15) is 28.3 Å². The second-order valence-electron chi connectivity index (χ2n) is 8.02. The van der Waals surface area contributed by atoms with E-state index in [0.717, 1.165) is 11.1 Å². The van der Waals surface area contributed by atoms with Crippen molar-refractivity contribution in [2.45, 2.75) is 19.6 Å². The van der Waals surface area contributed by atoms with Gasteiger partial charge in [-0.1, -0.05) is 36.4 Å². The molecule has 3 aromatic rings. The van der Waals surface area contributed by atoms with Crippen LogP contribution in [0.25, 0.3) is 5.76 Å². The number of rotatable bonds is 8. The standard InChI is InChI=1S/C27H26N2O5/c1-18-15-21(34-17-19-7-4-3-5-8-19)10-11-22(18)25(30)23-24(20-9-6-12-28-16-20)29(13-14-33-2)27(32)26(23)31/h3-12,15-16,24,30H,13-14,17H2,1-2H3/b25-23+. The van der Waals surface area contributed by atoms with Gasteiger partial charge in [-0.15, -0.1) is 0 Å². The number of pyridine rings is 1. The van der Waals surface area contributed by atoms with Crippen LogP contribution in [0, 0.1) is 6.92 Å². The van der Waals surface area contributed by atoms with Gasteiger partial charge in [0, 0.05) is 31.6 Å². The number of nitrogens with zero attached hydrogens (tertiary/aromatic N) is 2. The third-order valence-corrected chi connectivity index (χ3v) is 5.78. The van der Waals surface area contributed by atoms with Gasteiger partial charge in [0.2, 0.25) is 0 Å². The number of benzene rings is 2. The molecule has 2 aromatic carbocycles. The van der Waals surface area contributed by atoms with E-state index in [4.69, 9.17) is 9.47 Å². The predicted octanol–water partition coefficient (Wildman–Crippen LogP) is 4.04. The highest BCUT2D eigenvalue weighted by atomic mass is 16.5. The van der Waals surface area contributed by atoms with Crippen molar-refractivity contribution in [2.75, 3.05) is 20.3 Å². The van der Waals surface area contributed by atoms with Crippen molar-refractivity contribution in [3.05, 3.63) is 101 Å². The molecule has 1 fully saturated rings. The van der Waals surface area contributed by atoms with Crippen LogP contribution in [-0.2, 0) is 20.9 Å². The zero-order valence-electron chi connectivity index (χ0n) is 19.1. The molecule has 34 heavy (non-hydrogen) atoms. The third-order valence-electron chi connectivity index (χ3n) is 5.78. The van der Waals surface area contributed by atoms with Gasteiger partial charge in [-0.25, -0.2) is 0 Å². The average molecular weight is 459 g/mol. The molecule has 0 aliphatic carbocycles. The second kappa shape index (κ2) is 10.3. The lowest BCUT2D eigenvalue weighted by Gasteiger charge is -2.24. The van der Waals surface area contributed by atoms with Gasteiger partial charge in [-0.3, -0.25) is 14.6 Å². The van der Waals surface area contributed by atoms with Crippen molar-refractivity contribution in [1.29, 1.82) is 0 Å². The number of likely N-dealkylation sites (tertiary alicyclic amines) is 1. The van der Waals surface area contributed by atoms with Crippen LogP contribution in [-0.4, -0.2) is 46.9 Å². The fourth-order valence-corrected chi connectivity index (χ4v) is 4.06. The van der Waals surface area contributed by atoms with Gasteiger partial charge in [0.15, 0.2) is 0 Å². The van der Waals surface area contributed by atoms with E-state index in [2.05, 4.69) is 4.98 Å². The number of aryl methyl sites for hydroxylation is 1. The predicted molar refractivity (Wildman–Crippen MR) is 127 cm³/mol. The first-order valence-corrected chi connectivity index (χ1v) is 11.0. The highest BCUT2D eigenvalue weighted by molar-refractivity contribution is 6.46. The molecule has 0 radical (unpaired) electrons. The topological polar surface area (TPSA) is 89.0 Å². The maximum Gasteiger partial charge on any atom is 0.295 e. The number of ketones is 1. The first-order valence-electron chi connectivity index (χ1n) is 11.0. The van der Waals surface area contributed by atoms with Crippen LogP contribution < -0.4 is 4.74 Å². The van der Waals surface area contributed by atoms with E-state index < -0.39 is 17.7 Å². The lowest BCUT2D eigenvalue weighted by molar-refractivity contribution is -0.140. The summed E-state index contributed by atoms with van der Waals surface area (Å²) < 4.78 is 11.0. The molecular weight excluding hydrogens is 432 g/mol. The third kappa shape index (κ3) is 4.70. The van der Waals surface area contributed by atoms with Crippen LogP contribution in [0.4, 0.5) is 0 Å². The van der Waals surface area contributed by atoms with Gasteiger partial charge in [-0.05, 0) is 47.9 Å². The number of amides is 1. The Balaban J connectivity index is 1.68. The first-order chi connectivity index (χ1) is 16.5. The van der Waals surface area contributed by atoms with Crippen molar-refractivity contribution in [2.24, 2.45) is 0 Å². The minimum Gasteiger partial charge on any atom is -0.507 e. The van der Waals surface area contributed by atoms with E-state index in [1.165, 1.54) is 12.0 Å². The molecule has 174 valence electrons. The van der Waals surface area contributed by atoms with Crippen molar-refractivity contribution in [3.8, 4) is 5.75 Å². The van der Waals surface area contributed by atoms with E-state index in [1.807, 2.05) is 37.3 Å². The molecule has 1 atom stereocenters. The summed E-state index contributed by atoms with van der Waals surface area (Å²) in [6, 6.07) is 17.8. The minimum absolute atomic E-state index is 0.0372. The summed E-state index contributed by atoms with van der Waals surface area (Å²) >= 11 is 0. The Morgan fingerprint density at radius 2 is 1.88 bits per heavy atom. The summed E-state index contributed by atoms with van der Waals surface area (Å²) in [6.45, 7) is 2.71. The van der Waals surface area contributed by atoms with Gasteiger partial charge in [0.1, 0.15) is 18.1 Å². The molecule has 1 saturated heterocycles. The first kappa shape index (κ1) is 23.2. The van der Waals surface area contributed by atoms with Crippen LogP contribution >= 0.6 is 0 Å². The van der Waals surface area contributed by atoms with Crippen molar-refractivity contribution >= 4 is 17.4 Å². The summed E-state index contributed by atoms with van der Waals surface area (Å²) in [6.07, 6.45) is 3.21. The highest BCUT2D eigenvalue weighted by Gasteiger charge is 2.46. The Morgan fingerprint density at radius 3 is 2.56 bits per heavy atom. The Hall–Kier alpha value is -3.97. The number of aliphatic hydroxyl groups excluding tert-OH is 1. The summed E-state index contributed by atoms with van der Waals surface area (Å²) in [5, 5.41) is 11.3. The van der Waals surface area contributed by atoms with E-state index >= 15 is 0 Å². The zero-order chi connectivity index (χ0) is 24.1. The summed E-state index contributed by atoms with van der Waals surface area (Å²) in [5.41, 5.74) is 2.90. The van der Waals surface area contributed by atoms with Gasteiger partial charge in [0.05, 0.1) is 18.2 Å². The molecule has 1 unspecified atom stereocenters. The van der Waals surface area contributed by atoms with Crippen LogP contribution in [0.2, 0.25) is 0 Å². The summed E-state index contributed by atoms with van der Waals surface area (Å²) in [4.78, 5) is 31.4. The van der Waals surface area contributed by atoms with Gasteiger partial charge >= 0.3 is 0 Å². The summed E-state index contributed by atoms with van der Waals surface area (Å²) in [7, 11) is 1.53. The second-order valence-corrected chi connectivity index (χ2v) is 8.02. The normalized spacial score (nSPS) is 17.2. The molecule has 2 heterocycles. The molecule has 1 N–H and O–H groups in total. The maximum atomic E-state index is 13.0. The maximum absolute atomic E-state index is 13.0. The molecule has 4 rings (SSSR count). The van der Waals surface area contributed by atoms with E-state index in [-0.39, 0.29) is 24.5 Å². The monoisotopic (exact) mass is 458 g/mol. The number of hydrogen-bond donors (Lipinski definition) is 1. The van der Waals surface area contributed by atoms with Crippen molar-refractivity contribution in [3.63, 3.8) is 0 Å². The average Bonchev–Trinajstić information content (AvgIpc) is 3.12. The smallest absolute Gasteiger partial charge is 0.295 e. The van der Waals surface area contributed by atoms with Crippen LogP contribution in [0.5, 0.6) is 5.75 Å². The van der Waals surface area contributed by atoms with Crippen LogP contribution in [0.15, 0.2) is 78.6 Å². The molecule has 1 aliphatic rings. The lowest BCUT2D eigenvalue weighted by atomic mass is 9.94. The largest absolute Gasteiger partial charge is 0.507 e. The van der Waals surface area contributed by atoms with Crippen LogP contribution in [0.3, 0.4) is 0 Å². The number of aliphatic hydroxyl groups is 1. The Kier molecular flexibility index (Phi) is 7.04. The molecule has 1 aromatic heterocycles. The molecular formula is C27H26N2O5. The fourth-order valence-electron chi connectivity index (χ4n) is 4.06. The molecule has 0 saturated carbocycles. The molecule has 1 amide bonds. The van der Waals surface area contributed by atoms with Gasteiger partial charge < -0.3 is 19.5 Å². The number of ether oxygens (including phenoxy) is 2. The van der Waals surface area contributed by atoms with Crippen molar-refractivity contribution < 1.29 is 24.2 Å². The molecule has 7 heteroatoms. The highest BCUT2D eigenvalue weighted by Crippen LogP contribution is 2.39. The number of Topliss-reactive ketones (excluding diaryl/α,β-unsaturated/α-hetero) is 1. The lowest BCUT2D eigenvalue weighted by Crippen LogP contribution is -2.32. The number of hydrogen-bond acceptors (Lipinski definition) is 6. The SMILES string of the molecule is COCCN1C(=O)C(=O)/C(=C(/O)c2ccc(OCc3ccccc3)cc2C)C1c1cccnc1. The van der Waals surface area contributed by atoms with Gasteiger partial charge in [0.25, 0.3) is 11.7 Å². The van der Waals surface area contributed by atoms with Gasteiger partial charge in [-0.2, -0.15) is 0 Å². The van der Waals surface area contributed by atoms with E-state index in [9.17, 15) is 14.7 Å². The molecule has 0 spiro atoms. The Labute approximate surface area is 198 Å². The van der Waals surface area contributed by atoms with Crippen molar-refractivity contribution in [1.82, 2.24) is 9.88 Å². The quantitative estimate of drug-likeness (QED) is 0.311. The Bertz CT molecular complexity index is 1210. The molecule has 1 aliphatic heterocycles. The summed E-state index contributed by atoms with van der Waals surface area (Å²) in [5.74, 6) is -0.985. The minimum atomic E-state index is -0.753. The van der Waals surface area contributed by atoms with E-state index in [0.29, 0.717) is 23.5 Å². The Morgan fingerprint density at radius 1 is 1.09 bits per heavy atom. The number of carbonyl (C=O) groups is 2. The fraction of sp³-hybridized carbons (Fsp3) is 0.222. The number of aromatic nitrogens is 1. The molecule has 0 bridgehead atoms.